The van der Waals surface area contributed by atoms with E-state index >= 15 is 0 Å². The van der Waals surface area contributed by atoms with Crippen LogP contribution in [-0.2, 0) is 10.0 Å². The van der Waals surface area contributed by atoms with Crippen molar-refractivity contribution in [2.75, 3.05) is 6.61 Å². The van der Waals surface area contributed by atoms with E-state index in [1.54, 1.807) is 12.1 Å². The van der Waals surface area contributed by atoms with E-state index in [0.29, 0.717) is 16.8 Å². The third kappa shape index (κ3) is 2.70. The van der Waals surface area contributed by atoms with Gasteiger partial charge in [0.05, 0.1) is 11.5 Å². The van der Waals surface area contributed by atoms with Gasteiger partial charge in [-0.1, -0.05) is 0 Å². The molecule has 0 aliphatic heterocycles. The van der Waals surface area contributed by atoms with Gasteiger partial charge in [-0.3, -0.25) is 0 Å². The van der Waals surface area contributed by atoms with Gasteiger partial charge in [0.1, 0.15) is 5.75 Å². The average Bonchev–Trinajstić information content (AvgIpc) is 2.02. The van der Waals surface area contributed by atoms with Crippen LogP contribution in [0.2, 0.25) is 0 Å². The quantitative estimate of drug-likeness (QED) is 0.912. The van der Waals surface area contributed by atoms with Gasteiger partial charge >= 0.3 is 0 Å². The summed E-state index contributed by atoms with van der Waals surface area (Å²) in [4.78, 5) is 0.0564. The summed E-state index contributed by atoms with van der Waals surface area (Å²) in [6, 6.07) is 4.54. The summed E-state index contributed by atoms with van der Waals surface area (Å²) in [5, 5.41) is 4.98. The lowest BCUT2D eigenvalue weighted by Crippen LogP contribution is -2.12. The molecule has 0 heterocycles. The van der Waals surface area contributed by atoms with Crippen molar-refractivity contribution in [2.24, 2.45) is 5.14 Å². The van der Waals surface area contributed by atoms with Crippen LogP contribution >= 0.6 is 15.9 Å². The molecule has 0 aliphatic carbocycles. The van der Waals surface area contributed by atoms with Crippen molar-refractivity contribution in [3.63, 3.8) is 0 Å². The number of hydrogen-bond donors (Lipinski definition) is 1. The molecule has 0 saturated carbocycles. The fourth-order valence-electron chi connectivity index (χ4n) is 0.969. The van der Waals surface area contributed by atoms with E-state index in [1.807, 2.05) is 6.92 Å². The predicted octanol–water partition coefficient (Wildman–Crippen LogP) is 1.50. The molecule has 0 amide bonds. The molecular formula is C8H10BrNO3S. The Morgan fingerprint density at radius 1 is 1.50 bits per heavy atom. The van der Waals surface area contributed by atoms with Crippen LogP contribution in [0.25, 0.3) is 0 Å². The van der Waals surface area contributed by atoms with Gasteiger partial charge in [-0.25, -0.2) is 13.6 Å². The highest BCUT2D eigenvalue weighted by Crippen LogP contribution is 2.25. The van der Waals surface area contributed by atoms with Crippen LogP contribution in [0.3, 0.4) is 0 Å². The molecule has 0 atom stereocenters. The number of nitrogens with two attached hydrogens (primary N) is 1. The first-order valence-electron chi connectivity index (χ1n) is 3.90. The van der Waals surface area contributed by atoms with Crippen molar-refractivity contribution in [1.82, 2.24) is 0 Å². The Kier molecular flexibility index (Phi) is 3.52. The molecule has 4 nitrogen and oxygen atoms in total. The van der Waals surface area contributed by atoms with Crippen LogP contribution in [0.4, 0.5) is 0 Å². The highest BCUT2D eigenvalue weighted by molar-refractivity contribution is 9.10. The van der Waals surface area contributed by atoms with Crippen LogP contribution in [0, 0.1) is 0 Å². The van der Waals surface area contributed by atoms with Crippen LogP contribution in [0.5, 0.6) is 5.75 Å². The van der Waals surface area contributed by atoms with Gasteiger partial charge in [-0.05, 0) is 41.1 Å². The van der Waals surface area contributed by atoms with E-state index in [-0.39, 0.29) is 4.90 Å². The lowest BCUT2D eigenvalue weighted by Gasteiger charge is -2.05. The van der Waals surface area contributed by atoms with Crippen molar-refractivity contribution in [2.45, 2.75) is 11.8 Å². The first-order chi connectivity index (χ1) is 6.45. The van der Waals surface area contributed by atoms with Crippen molar-refractivity contribution in [1.29, 1.82) is 0 Å². The number of halogens is 1. The molecule has 78 valence electrons. The molecule has 1 rings (SSSR count). The van der Waals surface area contributed by atoms with E-state index in [1.165, 1.54) is 6.07 Å². The molecule has 0 bridgehead atoms. The summed E-state index contributed by atoms with van der Waals surface area (Å²) in [7, 11) is -3.67. The van der Waals surface area contributed by atoms with E-state index in [9.17, 15) is 8.42 Å². The van der Waals surface area contributed by atoms with Crippen LogP contribution in [0.1, 0.15) is 6.92 Å². The molecule has 0 radical (unpaired) electrons. The molecule has 1 aromatic rings. The highest BCUT2D eigenvalue weighted by atomic mass is 79.9. The van der Waals surface area contributed by atoms with Crippen molar-refractivity contribution in [3.05, 3.63) is 22.7 Å². The summed E-state index contributed by atoms with van der Waals surface area (Å²) >= 11 is 3.11. The molecule has 6 heteroatoms. The minimum Gasteiger partial charge on any atom is -0.494 e. The summed E-state index contributed by atoms with van der Waals surface area (Å²) in [6.07, 6.45) is 0. The smallest absolute Gasteiger partial charge is 0.239 e. The molecule has 0 aromatic heterocycles. The monoisotopic (exact) mass is 279 g/mol. The Bertz CT molecular complexity index is 430. The molecule has 0 saturated heterocycles. The molecule has 1 aromatic carbocycles. The first-order valence-corrected chi connectivity index (χ1v) is 6.24. The van der Waals surface area contributed by atoms with Gasteiger partial charge in [0, 0.05) is 4.47 Å². The van der Waals surface area contributed by atoms with Gasteiger partial charge in [-0.15, -0.1) is 0 Å². The molecular weight excluding hydrogens is 270 g/mol. The Morgan fingerprint density at radius 2 is 2.14 bits per heavy atom. The molecule has 14 heavy (non-hydrogen) atoms. The van der Waals surface area contributed by atoms with Gasteiger partial charge in [-0.2, -0.15) is 0 Å². The van der Waals surface area contributed by atoms with E-state index in [2.05, 4.69) is 15.9 Å². The molecule has 2 N–H and O–H groups in total. The summed E-state index contributed by atoms with van der Waals surface area (Å²) < 4.78 is 27.7. The lowest BCUT2D eigenvalue weighted by molar-refractivity contribution is 0.340. The van der Waals surface area contributed by atoms with Crippen LogP contribution < -0.4 is 9.88 Å². The van der Waals surface area contributed by atoms with Gasteiger partial charge in [0.15, 0.2) is 0 Å². The zero-order valence-electron chi connectivity index (χ0n) is 7.53. The maximum atomic E-state index is 11.0. The third-order valence-electron chi connectivity index (χ3n) is 1.52. The topological polar surface area (TPSA) is 69.4 Å². The summed E-state index contributed by atoms with van der Waals surface area (Å²) in [5.41, 5.74) is 0. The Labute approximate surface area is 91.2 Å². The van der Waals surface area contributed by atoms with Crippen molar-refractivity contribution >= 4 is 26.0 Å². The SMILES string of the molecule is CCOc1ccc(S(N)(=O)=O)c(Br)c1. The van der Waals surface area contributed by atoms with Gasteiger partial charge < -0.3 is 4.74 Å². The van der Waals surface area contributed by atoms with Crippen LogP contribution in [-0.4, -0.2) is 15.0 Å². The number of rotatable bonds is 3. The normalized spacial score (nSPS) is 11.4. The second-order valence-electron chi connectivity index (χ2n) is 2.57. The van der Waals surface area contributed by atoms with E-state index < -0.39 is 10.0 Å². The predicted molar refractivity (Wildman–Crippen MR) is 56.7 cm³/mol. The zero-order valence-corrected chi connectivity index (χ0v) is 9.93. The minimum atomic E-state index is -3.67. The Balaban J connectivity index is 3.15. The number of primary sulfonamides is 1. The number of hydrogen-bond acceptors (Lipinski definition) is 3. The first kappa shape index (κ1) is 11.5. The van der Waals surface area contributed by atoms with Gasteiger partial charge in [0.2, 0.25) is 10.0 Å². The summed E-state index contributed by atoms with van der Waals surface area (Å²) in [6.45, 7) is 2.38. The number of ether oxygens (including phenoxy) is 1. The average molecular weight is 280 g/mol. The van der Waals surface area contributed by atoms with E-state index in [4.69, 9.17) is 9.88 Å². The van der Waals surface area contributed by atoms with E-state index in [0.717, 1.165) is 0 Å². The molecule has 0 aliphatic rings. The largest absolute Gasteiger partial charge is 0.494 e. The number of benzene rings is 1. The second kappa shape index (κ2) is 4.29. The maximum Gasteiger partial charge on any atom is 0.239 e. The minimum absolute atomic E-state index is 0.0564. The van der Waals surface area contributed by atoms with Crippen molar-refractivity contribution in [3.8, 4) is 5.75 Å². The standard InChI is InChI=1S/C8H10BrNO3S/c1-2-13-6-3-4-8(7(9)5-6)14(10,11)12/h3-5H,2H2,1H3,(H2,10,11,12). The fraction of sp³-hybridized carbons (Fsp3) is 0.250. The van der Waals surface area contributed by atoms with Gasteiger partial charge in [0.25, 0.3) is 0 Å². The van der Waals surface area contributed by atoms with Crippen LogP contribution in [0.15, 0.2) is 27.6 Å². The molecule has 0 fully saturated rings. The fourth-order valence-corrected chi connectivity index (χ4v) is 2.59. The Morgan fingerprint density at radius 3 is 2.57 bits per heavy atom. The lowest BCUT2D eigenvalue weighted by atomic mass is 10.3. The summed E-state index contributed by atoms with van der Waals surface area (Å²) in [5.74, 6) is 0.603. The third-order valence-corrected chi connectivity index (χ3v) is 3.41. The highest BCUT2D eigenvalue weighted by Gasteiger charge is 2.12. The van der Waals surface area contributed by atoms with Crippen molar-refractivity contribution < 1.29 is 13.2 Å². The molecule has 0 unspecified atom stereocenters. The second-order valence-corrected chi connectivity index (χ2v) is 4.95. The number of sulfonamides is 1. The maximum absolute atomic E-state index is 11.0. The zero-order chi connectivity index (χ0) is 10.8. The Hall–Kier alpha value is -0.590. The molecule has 0 spiro atoms.